The first-order valence-corrected chi connectivity index (χ1v) is 6.61. The highest BCUT2D eigenvalue weighted by Crippen LogP contribution is 2.30. The van der Waals surface area contributed by atoms with E-state index in [1.165, 1.54) is 6.07 Å². The summed E-state index contributed by atoms with van der Waals surface area (Å²) in [7, 11) is 0. The van der Waals surface area contributed by atoms with E-state index in [0.717, 1.165) is 0 Å². The standard InChI is InChI=1S/C11H8BrClF3N5/c12-6-3-5(1-2-7(6)13)18-8-4-9(21-17)20-10(19-8)11(14,15)16/h1-4H,17H2,(H2,18,19,20,21). The summed E-state index contributed by atoms with van der Waals surface area (Å²) in [6, 6.07) is 6.03. The molecule has 21 heavy (non-hydrogen) atoms. The molecule has 1 aromatic heterocycles. The first-order chi connectivity index (χ1) is 9.79. The maximum Gasteiger partial charge on any atom is 0.451 e. The van der Waals surface area contributed by atoms with Gasteiger partial charge in [-0.05, 0) is 34.1 Å². The van der Waals surface area contributed by atoms with E-state index in [2.05, 4.69) is 36.6 Å². The monoisotopic (exact) mass is 381 g/mol. The lowest BCUT2D eigenvalue weighted by Gasteiger charge is -2.11. The highest BCUT2D eigenvalue weighted by atomic mass is 79.9. The first kappa shape index (κ1) is 15.8. The van der Waals surface area contributed by atoms with Gasteiger partial charge in [-0.15, -0.1) is 0 Å². The van der Waals surface area contributed by atoms with E-state index in [9.17, 15) is 13.2 Å². The molecule has 5 nitrogen and oxygen atoms in total. The number of nitrogens with zero attached hydrogens (tertiary/aromatic N) is 2. The van der Waals surface area contributed by atoms with E-state index in [-0.39, 0.29) is 11.6 Å². The van der Waals surface area contributed by atoms with Gasteiger partial charge in [0.2, 0.25) is 5.82 Å². The number of rotatable bonds is 3. The highest BCUT2D eigenvalue weighted by Gasteiger charge is 2.35. The Kier molecular flexibility index (Phi) is 4.55. The second-order valence-electron chi connectivity index (χ2n) is 3.86. The van der Waals surface area contributed by atoms with Gasteiger partial charge in [0, 0.05) is 16.2 Å². The third kappa shape index (κ3) is 3.96. The van der Waals surface area contributed by atoms with Crippen LogP contribution in [0.1, 0.15) is 5.82 Å². The van der Waals surface area contributed by atoms with Gasteiger partial charge in [-0.2, -0.15) is 13.2 Å². The van der Waals surface area contributed by atoms with Gasteiger partial charge in [0.15, 0.2) is 0 Å². The van der Waals surface area contributed by atoms with Crippen LogP contribution in [0.15, 0.2) is 28.7 Å². The lowest BCUT2D eigenvalue weighted by atomic mass is 10.3. The normalized spacial score (nSPS) is 11.3. The van der Waals surface area contributed by atoms with Crippen molar-refractivity contribution in [2.75, 3.05) is 10.7 Å². The maximum atomic E-state index is 12.7. The number of hydrogen-bond donors (Lipinski definition) is 3. The van der Waals surface area contributed by atoms with Crippen LogP contribution in [0, 0.1) is 0 Å². The van der Waals surface area contributed by atoms with E-state index in [4.69, 9.17) is 17.4 Å². The summed E-state index contributed by atoms with van der Waals surface area (Å²) >= 11 is 9.06. The van der Waals surface area contributed by atoms with Gasteiger partial charge in [-0.1, -0.05) is 11.6 Å². The molecule has 0 amide bonds. The Morgan fingerprint density at radius 2 is 1.81 bits per heavy atom. The van der Waals surface area contributed by atoms with Crippen molar-refractivity contribution in [3.05, 3.63) is 39.6 Å². The number of hydrazine groups is 1. The zero-order chi connectivity index (χ0) is 15.6. The van der Waals surface area contributed by atoms with Gasteiger partial charge >= 0.3 is 6.18 Å². The summed E-state index contributed by atoms with van der Waals surface area (Å²) in [5, 5.41) is 3.20. The Balaban J connectivity index is 2.36. The Bertz CT molecular complexity index is 665. The average Bonchev–Trinajstić information content (AvgIpc) is 2.41. The van der Waals surface area contributed by atoms with Crippen LogP contribution in [0.5, 0.6) is 0 Å². The molecule has 0 saturated carbocycles. The third-order valence-corrected chi connectivity index (χ3v) is 3.53. The lowest BCUT2D eigenvalue weighted by Crippen LogP contribution is -2.16. The molecule has 0 aliphatic rings. The SMILES string of the molecule is NNc1cc(Nc2ccc(Cl)c(Br)c2)nc(C(F)(F)F)n1. The van der Waals surface area contributed by atoms with Crippen molar-refractivity contribution in [1.29, 1.82) is 0 Å². The molecule has 2 aromatic rings. The number of aromatic nitrogens is 2. The predicted molar refractivity (Wildman–Crippen MR) is 77.3 cm³/mol. The largest absolute Gasteiger partial charge is 0.451 e. The minimum atomic E-state index is -4.68. The topological polar surface area (TPSA) is 75.9 Å². The van der Waals surface area contributed by atoms with Crippen LogP contribution < -0.4 is 16.6 Å². The summed E-state index contributed by atoms with van der Waals surface area (Å²) in [5.41, 5.74) is 2.57. The molecule has 112 valence electrons. The highest BCUT2D eigenvalue weighted by molar-refractivity contribution is 9.10. The van der Waals surface area contributed by atoms with E-state index >= 15 is 0 Å². The molecule has 0 unspecified atom stereocenters. The molecule has 1 heterocycles. The number of benzene rings is 1. The number of nitrogens with one attached hydrogen (secondary N) is 2. The van der Waals surface area contributed by atoms with Crippen LogP contribution >= 0.6 is 27.5 Å². The van der Waals surface area contributed by atoms with Crippen molar-refractivity contribution >= 4 is 44.9 Å². The smallest absolute Gasteiger partial charge is 0.340 e. The minimum absolute atomic E-state index is 0.0560. The fraction of sp³-hybridized carbons (Fsp3) is 0.0909. The molecule has 0 atom stereocenters. The average molecular weight is 383 g/mol. The number of alkyl halides is 3. The molecule has 0 aliphatic carbocycles. The minimum Gasteiger partial charge on any atom is -0.340 e. The molecule has 0 spiro atoms. The van der Waals surface area contributed by atoms with Crippen LogP contribution in [0.3, 0.4) is 0 Å². The summed E-state index contributed by atoms with van der Waals surface area (Å²) in [5.74, 6) is 3.59. The molecule has 10 heteroatoms. The van der Waals surface area contributed by atoms with Gasteiger partial charge in [-0.25, -0.2) is 15.8 Å². The molecule has 0 fully saturated rings. The lowest BCUT2D eigenvalue weighted by molar-refractivity contribution is -0.144. The molecular formula is C11H8BrClF3N5. The van der Waals surface area contributed by atoms with Gasteiger partial charge < -0.3 is 10.7 Å². The van der Waals surface area contributed by atoms with Crippen molar-refractivity contribution in [2.45, 2.75) is 6.18 Å². The molecule has 0 saturated heterocycles. The number of anilines is 3. The number of nitrogen functional groups attached to an aromatic ring is 1. The van der Waals surface area contributed by atoms with Crippen molar-refractivity contribution in [3.63, 3.8) is 0 Å². The second kappa shape index (κ2) is 6.04. The van der Waals surface area contributed by atoms with Crippen LogP contribution in [0.2, 0.25) is 5.02 Å². The van der Waals surface area contributed by atoms with Gasteiger partial charge in [0.05, 0.1) is 5.02 Å². The third-order valence-electron chi connectivity index (χ3n) is 2.32. The number of hydrogen-bond acceptors (Lipinski definition) is 5. The Morgan fingerprint density at radius 1 is 1.14 bits per heavy atom. The molecule has 4 N–H and O–H groups in total. The molecular weight excluding hydrogens is 375 g/mol. The maximum absolute atomic E-state index is 12.7. The number of halogens is 5. The fourth-order valence-corrected chi connectivity index (χ4v) is 1.93. The Hall–Kier alpha value is -1.58. The van der Waals surface area contributed by atoms with Crippen molar-refractivity contribution in [1.82, 2.24) is 9.97 Å². The van der Waals surface area contributed by atoms with Crippen molar-refractivity contribution < 1.29 is 13.2 Å². The van der Waals surface area contributed by atoms with E-state index < -0.39 is 12.0 Å². The molecule has 0 bridgehead atoms. The van der Waals surface area contributed by atoms with E-state index in [1.54, 1.807) is 18.2 Å². The first-order valence-electron chi connectivity index (χ1n) is 5.44. The Morgan fingerprint density at radius 3 is 2.38 bits per heavy atom. The Labute approximate surface area is 130 Å². The quantitative estimate of drug-likeness (QED) is 0.554. The van der Waals surface area contributed by atoms with Crippen LogP contribution in [-0.2, 0) is 6.18 Å². The van der Waals surface area contributed by atoms with Crippen LogP contribution in [0.25, 0.3) is 0 Å². The summed E-state index contributed by atoms with van der Waals surface area (Å²) in [6.45, 7) is 0. The van der Waals surface area contributed by atoms with Gasteiger partial charge in [0.25, 0.3) is 0 Å². The van der Waals surface area contributed by atoms with E-state index in [0.29, 0.717) is 15.2 Å². The van der Waals surface area contributed by atoms with E-state index in [1.807, 2.05) is 0 Å². The predicted octanol–water partition coefficient (Wildman–Crippen LogP) is 3.94. The fourth-order valence-electron chi connectivity index (χ4n) is 1.43. The van der Waals surface area contributed by atoms with Crippen LogP contribution in [0.4, 0.5) is 30.5 Å². The second-order valence-corrected chi connectivity index (χ2v) is 5.12. The molecule has 0 aliphatic heterocycles. The number of nitrogens with two attached hydrogens (primary N) is 1. The van der Waals surface area contributed by atoms with Crippen molar-refractivity contribution in [2.24, 2.45) is 5.84 Å². The summed E-state index contributed by atoms with van der Waals surface area (Å²) in [6.07, 6.45) is -4.68. The summed E-state index contributed by atoms with van der Waals surface area (Å²) < 4.78 is 38.7. The molecule has 0 radical (unpaired) electrons. The van der Waals surface area contributed by atoms with Crippen LogP contribution in [-0.4, -0.2) is 9.97 Å². The van der Waals surface area contributed by atoms with Gasteiger partial charge in [0.1, 0.15) is 11.6 Å². The zero-order valence-electron chi connectivity index (χ0n) is 10.2. The summed E-state index contributed by atoms with van der Waals surface area (Å²) in [4.78, 5) is 6.66. The molecule has 2 rings (SSSR count). The van der Waals surface area contributed by atoms with Crippen molar-refractivity contribution in [3.8, 4) is 0 Å². The zero-order valence-corrected chi connectivity index (χ0v) is 12.5. The van der Waals surface area contributed by atoms with Gasteiger partial charge in [-0.3, -0.25) is 0 Å². The molecule has 1 aromatic carbocycles.